The summed E-state index contributed by atoms with van der Waals surface area (Å²) in [5.74, 6) is -0.440. The van der Waals surface area contributed by atoms with Gasteiger partial charge in [-0.25, -0.2) is 4.79 Å². The first-order valence-electron chi connectivity index (χ1n) is 7.98. The SMILES string of the molecule is CC(C)CNC(=O)[C@H](C)OC(=O)c1ccc(COC(C)C)cc1. The molecule has 0 saturated carbocycles. The van der Waals surface area contributed by atoms with Crippen LogP contribution in [0.2, 0.25) is 0 Å². The maximum absolute atomic E-state index is 12.0. The molecular formula is C18H27NO4. The van der Waals surface area contributed by atoms with Crippen LogP contribution in [0, 0.1) is 5.92 Å². The van der Waals surface area contributed by atoms with Crippen LogP contribution >= 0.6 is 0 Å². The average molecular weight is 321 g/mol. The van der Waals surface area contributed by atoms with Gasteiger partial charge in [0.2, 0.25) is 0 Å². The lowest BCUT2D eigenvalue weighted by atomic mass is 10.1. The predicted molar refractivity (Wildman–Crippen MR) is 89.1 cm³/mol. The Morgan fingerprint density at radius 2 is 1.65 bits per heavy atom. The van der Waals surface area contributed by atoms with E-state index in [0.717, 1.165) is 5.56 Å². The summed E-state index contributed by atoms with van der Waals surface area (Å²) in [7, 11) is 0. The van der Waals surface area contributed by atoms with Crippen LogP contribution < -0.4 is 5.32 Å². The zero-order valence-corrected chi connectivity index (χ0v) is 14.6. The van der Waals surface area contributed by atoms with Gasteiger partial charge in [0.25, 0.3) is 5.91 Å². The fraction of sp³-hybridized carbons (Fsp3) is 0.556. The summed E-state index contributed by atoms with van der Waals surface area (Å²) in [6, 6.07) is 7.01. The molecule has 0 saturated heterocycles. The Kier molecular flexibility index (Phi) is 7.75. The molecule has 0 spiro atoms. The normalized spacial score (nSPS) is 12.3. The number of hydrogen-bond donors (Lipinski definition) is 1. The number of carbonyl (C=O) groups excluding carboxylic acids is 2. The van der Waals surface area contributed by atoms with Crippen molar-refractivity contribution in [1.82, 2.24) is 5.32 Å². The smallest absolute Gasteiger partial charge is 0.338 e. The molecule has 1 atom stereocenters. The molecular weight excluding hydrogens is 294 g/mol. The molecule has 1 rings (SSSR count). The van der Waals surface area contributed by atoms with Crippen LogP contribution in [-0.4, -0.2) is 30.6 Å². The first-order valence-corrected chi connectivity index (χ1v) is 7.98. The third-order valence-corrected chi connectivity index (χ3v) is 3.11. The Labute approximate surface area is 138 Å². The minimum Gasteiger partial charge on any atom is -0.449 e. The standard InChI is InChI=1S/C18H27NO4/c1-12(2)10-19-17(20)14(5)23-18(21)16-8-6-15(7-9-16)11-22-13(3)4/h6-9,12-14H,10-11H2,1-5H3,(H,19,20)/t14-/m0/s1. The Morgan fingerprint density at radius 3 is 2.17 bits per heavy atom. The highest BCUT2D eigenvalue weighted by Gasteiger charge is 2.18. The second kappa shape index (κ2) is 9.30. The van der Waals surface area contributed by atoms with E-state index in [1.807, 2.05) is 39.8 Å². The van der Waals surface area contributed by atoms with E-state index >= 15 is 0 Å². The van der Waals surface area contributed by atoms with Crippen LogP contribution in [0.3, 0.4) is 0 Å². The van der Waals surface area contributed by atoms with E-state index in [0.29, 0.717) is 24.6 Å². The highest BCUT2D eigenvalue weighted by molar-refractivity contribution is 5.92. The maximum Gasteiger partial charge on any atom is 0.338 e. The third-order valence-electron chi connectivity index (χ3n) is 3.11. The van der Waals surface area contributed by atoms with Crippen molar-refractivity contribution in [3.63, 3.8) is 0 Å². The summed E-state index contributed by atoms with van der Waals surface area (Å²) in [4.78, 5) is 23.9. The summed E-state index contributed by atoms with van der Waals surface area (Å²) in [5.41, 5.74) is 1.40. The number of nitrogens with one attached hydrogen (secondary N) is 1. The molecule has 23 heavy (non-hydrogen) atoms. The number of ether oxygens (including phenoxy) is 2. The molecule has 0 aromatic heterocycles. The molecule has 0 aliphatic rings. The zero-order valence-electron chi connectivity index (χ0n) is 14.6. The van der Waals surface area contributed by atoms with E-state index in [4.69, 9.17) is 9.47 Å². The lowest BCUT2D eigenvalue weighted by molar-refractivity contribution is -0.129. The van der Waals surface area contributed by atoms with Crippen LogP contribution in [0.4, 0.5) is 0 Å². The van der Waals surface area contributed by atoms with Crippen molar-refractivity contribution in [2.24, 2.45) is 5.92 Å². The molecule has 0 radical (unpaired) electrons. The molecule has 128 valence electrons. The van der Waals surface area contributed by atoms with Crippen molar-refractivity contribution in [3.05, 3.63) is 35.4 Å². The van der Waals surface area contributed by atoms with Gasteiger partial charge >= 0.3 is 5.97 Å². The van der Waals surface area contributed by atoms with Crippen LogP contribution in [-0.2, 0) is 20.9 Å². The van der Waals surface area contributed by atoms with Crippen LogP contribution in [0.15, 0.2) is 24.3 Å². The number of hydrogen-bond acceptors (Lipinski definition) is 4. The number of benzene rings is 1. The van der Waals surface area contributed by atoms with Crippen molar-refractivity contribution >= 4 is 11.9 Å². The van der Waals surface area contributed by atoms with Crippen molar-refractivity contribution in [2.45, 2.75) is 53.4 Å². The van der Waals surface area contributed by atoms with Gasteiger partial charge in [-0.05, 0) is 44.4 Å². The summed E-state index contributed by atoms with van der Waals surface area (Å²) >= 11 is 0. The van der Waals surface area contributed by atoms with Crippen LogP contribution in [0.5, 0.6) is 0 Å². The van der Waals surface area contributed by atoms with Gasteiger partial charge in [0.05, 0.1) is 18.3 Å². The van der Waals surface area contributed by atoms with Crippen molar-refractivity contribution < 1.29 is 19.1 Å². The van der Waals surface area contributed by atoms with Gasteiger partial charge in [-0.2, -0.15) is 0 Å². The van der Waals surface area contributed by atoms with Crippen molar-refractivity contribution in [2.75, 3.05) is 6.54 Å². The van der Waals surface area contributed by atoms with Gasteiger partial charge in [0.15, 0.2) is 6.10 Å². The number of esters is 1. The zero-order chi connectivity index (χ0) is 17.4. The lowest BCUT2D eigenvalue weighted by Crippen LogP contribution is -2.37. The highest BCUT2D eigenvalue weighted by Crippen LogP contribution is 2.09. The van der Waals surface area contributed by atoms with Gasteiger partial charge in [-0.3, -0.25) is 4.79 Å². The molecule has 0 heterocycles. The predicted octanol–water partition coefficient (Wildman–Crippen LogP) is 2.93. The second-order valence-electron chi connectivity index (χ2n) is 6.24. The van der Waals surface area contributed by atoms with E-state index in [9.17, 15) is 9.59 Å². The first-order chi connectivity index (χ1) is 10.8. The van der Waals surface area contributed by atoms with Gasteiger partial charge in [-0.15, -0.1) is 0 Å². The van der Waals surface area contributed by atoms with E-state index in [1.54, 1.807) is 19.1 Å². The second-order valence-corrected chi connectivity index (χ2v) is 6.24. The topological polar surface area (TPSA) is 64.6 Å². The molecule has 0 unspecified atom stereocenters. The fourth-order valence-corrected chi connectivity index (χ4v) is 1.73. The molecule has 0 aliphatic heterocycles. The molecule has 1 aromatic rings. The van der Waals surface area contributed by atoms with Crippen molar-refractivity contribution in [3.8, 4) is 0 Å². The molecule has 5 nitrogen and oxygen atoms in total. The van der Waals surface area contributed by atoms with E-state index in [-0.39, 0.29) is 12.0 Å². The lowest BCUT2D eigenvalue weighted by Gasteiger charge is -2.14. The molecule has 0 fully saturated rings. The third kappa shape index (κ3) is 7.28. The summed E-state index contributed by atoms with van der Waals surface area (Å²) in [5, 5.41) is 2.74. The van der Waals surface area contributed by atoms with E-state index in [1.165, 1.54) is 0 Å². The summed E-state index contributed by atoms with van der Waals surface area (Å²) < 4.78 is 10.7. The van der Waals surface area contributed by atoms with Gasteiger partial charge in [-0.1, -0.05) is 26.0 Å². The molecule has 1 N–H and O–H groups in total. The highest BCUT2D eigenvalue weighted by atomic mass is 16.5. The molecule has 5 heteroatoms. The summed E-state index contributed by atoms with van der Waals surface area (Å²) in [6.45, 7) is 10.6. The monoisotopic (exact) mass is 321 g/mol. The Hall–Kier alpha value is -1.88. The quantitative estimate of drug-likeness (QED) is 0.748. The number of carbonyl (C=O) groups is 2. The fourth-order valence-electron chi connectivity index (χ4n) is 1.73. The largest absolute Gasteiger partial charge is 0.449 e. The average Bonchev–Trinajstić information content (AvgIpc) is 2.50. The Morgan fingerprint density at radius 1 is 1.04 bits per heavy atom. The van der Waals surface area contributed by atoms with E-state index in [2.05, 4.69) is 5.32 Å². The van der Waals surface area contributed by atoms with Gasteiger partial charge in [0, 0.05) is 6.54 Å². The summed E-state index contributed by atoms with van der Waals surface area (Å²) in [6.07, 6.45) is -0.657. The van der Waals surface area contributed by atoms with Crippen molar-refractivity contribution in [1.29, 1.82) is 0 Å². The minimum atomic E-state index is -0.815. The Bertz CT molecular complexity index is 508. The molecule has 1 aromatic carbocycles. The first kappa shape index (κ1) is 19.2. The molecule has 0 aliphatic carbocycles. The van der Waals surface area contributed by atoms with Crippen LogP contribution in [0.25, 0.3) is 0 Å². The van der Waals surface area contributed by atoms with Gasteiger partial charge < -0.3 is 14.8 Å². The molecule has 1 amide bonds. The van der Waals surface area contributed by atoms with Gasteiger partial charge in [0.1, 0.15) is 0 Å². The number of rotatable bonds is 8. The van der Waals surface area contributed by atoms with Crippen LogP contribution in [0.1, 0.15) is 50.5 Å². The minimum absolute atomic E-state index is 0.157. The maximum atomic E-state index is 12.0. The molecule has 0 bridgehead atoms. The Balaban J connectivity index is 2.52. The van der Waals surface area contributed by atoms with E-state index < -0.39 is 12.1 Å². The number of amides is 1.